The van der Waals surface area contributed by atoms with Gasteiger partial charge in [0.1, 0.15) is 17.7 Å². The lowest BCUT2D eigenvalue weighted by Gasteiger charge is -2.30. The summed E-state index contributed by atoms with van der Waals surface area (Å²) in [5.74, 6) is 1.14. The fraction of sp³-hybridized carbons (Fsp3) is 0.350. The lowest BCUT2D eigenvalue weighted by molar-refractivity contribution is -0.137. The van der Waals surface area contributed by atoms with Gasteiger partial charge in [-0.2, -0.15) is 13.2 Å². The minimum Gasteiger partial charge on any atom is -0.488 e. The first-order valence-corrected chi connectivity index (χ1v) is 9.81. The topological polar surface area (TPSA) is 41.1 Å². The molecule has 28 heavy (non-hydrogen) atoms. The molecule has 0 aliphatic carbocycles. The van der Waals surface area contributed by atoms with Crippen LogP contribution in [0.15, 0.2) is 40.9 Å². The Morgan fingerprint density at radius 2 is 1.93 bits per heavy atom. The third kappa shape index (κ3) is 3.89. The Hall–Kier alpha value is -2.06. The van der Waals surface area contributed by atoms with Crippen molar-refractivity contribution in [1.82, 2.24) is 14.9 Å². The van der Waals surface area contributed by atoms with Gasteiger partial charge < -0.3 is 14.6 Å². The number of ether oxygens (including phenoxy) is 1. The quantitative estimate of drug-likeness (QED) is 0.570. The molecule has 0 atom stereocenters. The molecule has 0 saturated carbocycles. The number of benzene rings is 2. The van der Waals surface area contributed by atoms with Crippen LogP contribution in [0.3, 0.4) is 0 Å². The number of piperidine rings is 1. The zero-order chi connectivity index (χ0) is 19.9. The number of halogens is 4. The van der Waals surface area contributed by atoms with Crippen LogP contribution >= 0.6 is 15.9 Å². The van der Waals surface area contributed by atoms with Crippen LogP contribution in [-0.2, 0) is 6.18 Å². The Kier molecular flexibility index (Phi) is 5.09. The van der Waals surface area contributed by atoms with Gasteiger partial charge in [-0.3, -0.25) is 0 Å². The Morgan fingerprint density at radius 3 is 2.64 bits per heavy atom. The van der Waals surface area contributed by atoms with Crippen LogP contribution in [0.2, 0.25) is 0 Å². The van der Waals surface area contributed by atoms with Gasteiger partial charge in [-0.1, -0.05) is 6.07 Å². The first kappa shape index (κ1) is 19.3. The minimum absolute atomic E-state index is 0.0925. The number of fused-ring (bicyclic) bond motifs is 1. The van der Waals surface area contributed by atoms with E-state index >= 15 is 0 Å². The number of alkyl halides is 3. The summed E-state index contributed by atoms with van der Waals surface area (Å²) in [5.41, 5.74) is 0.841. The van der Waals surface area contributed by atoms with E-state index in [0.29, 0.717) is 22.6 Å². The summed E-state index contributed by atoms with van der Waals surface area (Å²) in [7, 11) is 2.09. The summed E-state index contributed by atoms with van der Waals surface area (Å²) in [5, 5.41) is 0. The van der Waals surface area contributed by atoms with Crippen molar-refractivity contribution in [2.45, 2.75) is 25.1 Å². The summed E-state index contributed by atoms with van der Waals surface area (Å²) in [6.45, 7) is 1.94. The smallest absolute Gasteiger partial charge is 0.416 e. The number of hydrogen-bond acceptors (Lipinski definition) is 3. The summed E-state index contributed by atoms with van der Waals surface area (Å²) in [6, 6.07) is 9.11. The van der Waals surface area contributed by atoms with E-state index in [2.05, 4.69) is 37.8 Å². The van der Waals surface area contributed by atoms with E-state index in [1.807, 2.05) is 18.2 Å². The van der Waals surface area contributed by atoms with Crippen LogP contribution in [0.1, 0.15) is 18.4 Å². The molecule has 0 amide bonds. The molecule has 1 aromatic heterocycles. The highest BCUT2D eigenvalue weighted by Gasteiger charge is 2.31. The van der Waals surface area contributed by atoms with Crippen molar-refractivity contribution >= 4 is 27.0 Å². The average Bonchev–Trinajstić information content (AvgIpc) is 3.07. The van der Waals surface area contributed by atoms with Crippen molar-refractivity contribution in [2.75, 3.05) is 20.1 Å². The van der Waals surface area contributed by atoms with E-state index in [9.17, 15) is 13.2 Å². The van der Waals surface area contributed by atoms with Crippen molar-refractivity contribution in [3.63, 3.8) is 0 Å². The molecule has 0 bridgehead atoms. The molecule has 1 fully saturated rings. The molecule has 4 rings (SSSR count). The van der Waals surface area contributed by atoms with E-state index in [1.54, 1.807) is 0 Å². The van der Waals surface area contributed by atoms with Crippen molar-refractivity contribution in [1.29, 1.82) is 0 Å². The molecule has 1 aliphatic heterocycles. The number of imidazole rings is 1. The highest BCUT2D eigenvalue weighted by atomic mass is 79.9. The molecule has 1 N–H and O–H groups in total. The molecular weight excluding hydrogens is 435 g/mol. The molecule has 0 radical (unpaired) electrons. The molecular formula is C20H19BrF3N3O. The maximum absolute atomic E-state index is 13.0. The van der Waals surface area contributed by atoms with Crippen LogP contribution in [0.25, 0.3) is 22.4 Å². The van der Waals surface area contributed by atoms with E-state index in [4.69, 9.17) is 4.74 Å². The van der Waals surface area contributed by atoms with Crippen LogP contribution in [-0.4, -0.2) is 41.1 Å². The van der Waals surface area contributed by atoms with Gasteiger partial charge >= 0.3 is 6.18 Å². The summed E-state index contributed by atoms with van der Waals surface area (Å²) < 4.78 is 46.0. The van der Waals surface area contributed by atoms with Gasteiger partial charge in [0.2, 0.25) is 0 Å². The van der Waals surface area contributed by atoms with Gasteiger partial charge in [-0.25, -0.2) is 4.98 Å². The normalized spacial score (nSPS) is 16.6. The summed E-state index contributed by atoms with van der Waals surface area (Å²) in [6.07, 6.45) is -2.45. The number of H-pyrrole nitrogens is 1. The Morgan fingerprint density at radius 1 is 1.18 bits per heavy atom. The fourth-order valence-corrected chi connectivity index (χ4v) is 3.86. The van der Waals surface area contributed by atoms with Gasteiger partial charge in [0.05, 0.1) is 26.6 Å². The number of likely N-dealkylation sites (tertiary alicyclic amines) is 1. The van der Waals surface area contributed by atoms with Gasteiger partial charge in [-0.05, 0) is 66.2 Å². The maximum Gasteiger partial charge on any atom is 0.416 e. The standard InChI is InChI=1S/C20H19BrF3N3O/c1-27-9-7-13(8-10-27)28-18-14(3-2-4-15(18)21)19-25-16-6-5-12(20(22,23)24)11-17(16)26-19/h2-6,11,13H,7-10H2,1H3,(H,25,26). The Balaban J connectivity index is 1.70. The largest absolute Gasteiger partial charge is 0.488 e. The molecule has 1 aliphatic rings. The third-order valence-corrected chi connectivity index (χ3v) is 5.61. The van der Waals surface area contributed by atoms with Crippen LogP contribution < -0.4 is 4.74 Å². The zero-order valence-electron chi connectivity index (χ0n) is 15.2. The van der Waals surface area contributed by atoms with Crippen molar-refractivity contribution in [2.24, 2.45) is 0 Å². The van der Waals surface area contributed by atoms with Crippen molar-refractivity contribution in [3.8, 4) is 17.1 Å². The monoisotopic (exact) mass is 453 g/mol. The Labute approximate surface area is 168 Å². The number of para-hydroxylation sites is 1. The van der Waals surface area contributed by atoms with Gasteiger partial charge in [0.25, 0.3) is 0 Å². The van der Waals surface area contributed by atoms with Crippen molar-refractivity contribution in [3.05, 3.63) is 46.4 Å². The number of nitrogens with zero attached hydrogens (tertiary/aromatic N) is 2. The lowest BCUT2D eigenvalue weighted by Crippen LogP contribution is -2.35. The lowest BCUT2D eigenvalue weighted by atomic mass is 10.1. The third-order valence-electron chi connectivity index (χ3n) is 4.98. The Bertz CT molecular complexity index is 994. The minimum atomic E-state index is -4.39. The predicted octanol–water partition coefficient (Wildman–Crippen LogP) is 5.48. The van der Waals surface area contributed by atoms with Crippen LogP contribution in [0, 0.1) is 0 Å². The number of rotatable bonds is 3. The molecule has 3 aromatic rings. The number of nitrogens with one attached hydrogen (secondary N) is 1. The van der Waals surface area contributed by atoms with Crippen LogP contribution in [0.4, 0.5) is 13.2 Å². The predicted molar refractivity (Wildman–Crippen MR) is 105 cm³/mol. The fourth-order valence-electron chi connectivity index (χ4n) is 3.40. The maximum atomic E-state index is 13.0. The average molecular weight is 454 g/mol. The van der Waals surface area contributed by atoms with E-state index in [0.717, 1.165) is 48.1 Å². The highest BCUT2D eigenvalue weighted by molar-refractivity contribution is 9.10. The van der Waals surface area contributed by atoms with Gasteiger partial charge in [0.15, 0.2) is 0 Å². The number of hydrogen-bond donors (Lipinski definition) is 1. The molecule has 0 spiro atoms. The van der Waals surface area contributed by atoms with E-state index in [1.165, 1.54) is 6.07 Å². The number of aromatic amines is 1. The molecule has 1 saturated heterocycles. The molecule has 2 heterocycles. The SMILES string of the molecule is CN1CCC(Oc2c(Br)cccc2-c2nc3ccc(C(F)(F)F)cc3[nH]2)CC1. The van der Waals surface area contributed by atoms with Crippen molar-refractivity contribution < 1.29 is 17.9 Å². The number of aromatic nitrogens is 2. The summed E-state index contributed by atoms with van der Waals surface area (Å²) in [4.78, 5) is 9.76. The molecule has 8 heteroatoms. The van der Waals surface area contributed by atoms with E-state index in [-0.39, 0.29) is 6.10 Å². The first-order chi connectivity index (χ1) is 13.3. The molecule has 2 aromatic carbocycles. The second-order valence-electron chi connectivity index (χ2n) is 7.05. The van der Waals surface area contributed by atoms with E-state index < -0.39 is 11.7 Å². The summed E-state index contributed by atoms with van der Waals surface area (Å²) >= 11 is 3.54. The second-order valence-corrected chi connectivity index (χ2v) is 7.91. The molecule has 148 valence electrons. The van der Waals surface area contributed by atoms with Crippen LogP contribution in [0.5, 0.6) is 5.75 Å². The highest BCUT2D eigenvalue weighted by Crippen LogP contribution is 2.38. The zero-order valence-corrected chi connectivity index (χ0v) is 16.8. The van der Waals surface area contributed by atoms with Gasteiger partial charge in [-0.15, -0.1) is 0 Å². The molecule has 4 nitrogen and oxygen atoms in total. The first-order valence-electron chi connectivity index (χ1n) is 9.02. The second kappa shape index (κ2) is 7.40. The van der Waals surface area contributed by atoms with Gasteiger partial charge in [0, 0.05) is 13.1 Å². The molecule has 0 unspecified atom stereocenters.